The molecule has 4 fully saturated rings. The van der Waals surface area contributed by atoms with Crippen molar-refractivity contribution in [3.05, 3.63) is 35.4 Å². The van der Waals surface area contributed by atoms with Crippen LogP contribution in [-0.2, 0) is 4.79 Å². The molecule has 2 amide bonds. The molecule has 2 saturated carbocycles. The van der Waals surface area contributed by atoms with E-state index in [4.69, 9.17) is 0 Å². The predicted molar refractivity (Wildman–Crippen MR) is 108 cm³/mol. The van der Waals surface area contributed by atoms with Crippen molar-refractivity contribution in [2.45, 2.75) is 44.6 Å². The van der Waals surface area contributed by atoms with Crippen molar-refractivity contribution in [1.82, 2.24) is 14.7 Å². The molecule has 0 unspecified atom stereocenters. The quantitative estimate of drug-likeness (QED) is 0.805. The smallest absolute Gasteiger partial charge is 0.253 e. The second-order valence-electron chi connectivity index (χ2n) is 9.39. The average molecular weight is 382 g/mol. The van der Waals surface area contributed by atoms with Crippen LogP contribution >= 0.6 is 0 Å². The van der Waals surface area contributed by atoms with Crippen molar-refractivity contribution >= 4 is 11.8 Å². The minimum absolute atomic E-state index is 0.159. The zero-order valence-electron chi connectivity index (χ0n) is 16.8. The van der Waals surface area contributed by atoms with Crippen LogP contribution in [0.4, 0.5) is 0 Å². The van der Waals surface area contributed by atoms with Gasteiger partial charge in [0.25, 0.3) is 5.91 Å². The first kappa shape index (κ1) is 18.2. The fourth-order valence-electron chi connectivity index (χ4n) is 5.02. The monoisotopic (exact) mass is 381 g/mol. The van der Waals surface area contributed by atoms with Gasteiger partial charge in [0.1, 0.15) is 0 Å². The lowest BCUT2D eigenvalue weighted by Gasteiger charge is -2.50. The summed E-state index contributed by atoms with van der Waals surface area (Å²) in [6, 6.07) is 8.74. The third-order valence-electron chi connectivity index (χ3n) is 7.22. The zero-order chi connectivity index (χ0) is 19.3. The van der Waals surface area contributed by atoms with Gasteiger partial charge < -0.3 is 9.80 Å². The highest BCUT2D eigenvalue weighted by molar-refractivity contribution is 5.94. The van der Waals surface area contributed by atoms with Crippen LogP contribution in [0.5, 0.6) is 0 Å². The van der Waals surface area contributed by atoms with Gasteiger partial charge in [-0.15, -0.1) is 0 Å². The summed E-state index contributed by atoms with van der Waals surface area (Å²) in [5.41, 5.74) is 2.19. The van der Waals surface area contributed by atoms with Gasteiger partial charge in [0.2, 0.25) is 5.91 Å². The van der Waals surface area contributed by atoms with Crippen molar-refractivity contribution in [3.63, 3.8) is 0 Å². The second-order valence-corrected chi connectivity index (χ2v) is 9.39. The van der Waals surface area contributed by atoms with Crippen molar-refractivity contribution in [3.8, 4) is 0 Å². The number of carbonyl (C=O) groups excluding carboxylic acids is 2. The molecule has 5 rings (SSSR count). The Balaban J connectivity index is 1.08. The molecule has 1 aromatic carbocycles. The number of carbonyl (C=O) groups is 2. The number of rotatable bonds is 4. The molecule has 2 aliphatic carbocycles. The lowest BCUT2D eigenvalue weighted by molar-refractivity contribution is -0.147. The third-order valence-corrected chi connectivity index (χ3v) is 7.22. The number of hydrogen-bond acceptors (Lipinski definition) is 3. The average Bonchev–Trinajstić information content (AvgIpc) is 3.49. The maximum absolute atomic E-state index is 12.8. The van der Waals surface area contributed by atoms with Gasteiger partial charge in [-0.2, -0.15) is 0 Å². The number of nitrogens with zero attached hydrogens (tertiary/aromatic N) is 3. The van der Waals surface area contributed by atoms with E-state index in [1.165, 1.54) is 18.4 Å². The van der Waals surface area contributed by atoms with E-state index in [0.717, 1.165) is 69.5 Å². The summed E-state index contributed by atoms with van der Waals surface area (Å²) in [6.45, 7) is 7.38. The van der Waals surface area contributed by atoms with Gasteiger partial charge in [-0.25, -0.2) is 0 Å². The van der Waals surface area contributed by atoms with Crippen LogP contribution in [0.1, 0.15) is 54.4 Å². The highest BCUT2D eigenvalue weighted by Gasteiger charge is 2.41. The van der Waals surface area contributed by atoms with Crippen molar-refractivity contribution in [2.75, 3.05) is 39.3 Å². The van der Waals surface area contributed by atoms with Crippen LogP contribution in [0, 0.1) is 11.8 Å². The summed E-state index contributed by atoms with van der Waals surface area (Å²) < 4.78 is 0. The second kappa shape index (κ2) is 7.18. The van der Waals surface area contributed by atoms with Crippen molar-refractivity contribution in [2.24, 2.45) is 11.8 Å². The van der Waals surface area contributed by atoms with Gasteiger partial charge in [0, 0.05) is 56.8 Å². The summed E-state index contributed by atoms with van der Waals surface area (Å²) in [5.74, 6) is 2.27. The van der Waals surface area contributed by atoms with E-state index in [-0.39, 0.29) is 11.8 Å². The first-order chi connectivity index (χ1) is 13.6. The molecule has 5 heteroatoms. The standard InChI is InChI=1S/C23H31N3O2/c1-16-12-20(13-16)23(28)26-14-21(15-26)24-8-10-25(11-9-24)22(27)19-6-4-18(5-7-19)17-2-3-17/h4-7,16-17,20-21H,2-3,8-15H2,1H3. The zero-order valence-corrected chi connectivity index (χ0v) is 16.8. The van der Waals surface area contributed by atoms with E-state index in [1.807, 2.05) is 21.9 Å². The number of benzene rings is 1. The lowest BCUT2D eigenvalue weighted by atomic mass is 9.75. The highest BCUT2D eigenvalue weighted by atomic mass is 16.2. The molecule has 0 bridgehead atoms. The Morgan fingerprint density at radius 1 is 0.893 bits per heavy atom. The first-order valence-corrected chi connectivity index (χ1v) is 11.0. The van der Waals surface area contributed by atoms with Gasteiger partial charge >= 0.3 is 0 Å². The van der Waals surface area contributed by atoms with Gasteiger partial charge in [0.05, 0.1) is 0 Å². The lowest BCUT2D eigenvalue weighted by Crippen LogP contribution is -2.65. The Morgan fingerprint density at radius 2 is 1.54 bits per heavy atom. The number of amides is 2. The maximum Gasteiger partial charge on any atom is 0.253 e. The summed E-state index contributed by atoms with van der Waals surface area (Å²) in [6.07, 6.45) is 4.73. The summed E-state index contributed by atoms with van der Waals surface area (Å²) in [4.78, 5) is 31.7. The molecule has 2 heterocycles. The van der Waals surface area contributed by atoms with E-state index in [0.29, 0.717) is 11.9 Å². The van der Waals surface area contributed by atoms with Crippen molar-refractivity contribution in [1.29, 1.82) is 0 Å². The predicted octanol–water partition coefficient (Wildman–Crippen LogP) is 2.58. The largest absolute Gasteiger partial charge is 0.339 e. The van der Waals surface area contributed by atoms with Crippen LogP contribution in [0.3, 0.4) is 0 Å². The molecular formula is C23H31N3O2. The molecule has 5 nitrogen and oxygen atoms in total. The molecule has 1 aromatic rings. The summed E-state index contributed by atoms with van der Waals surface area (Å²) in [7, 11) is 0. The van der Waals surface area contributed by atoms with Gasteiger partial charge in [-0.3, -0.25) is 14.5 Å². The molecule has 0 N–H and O–H groups in total. The summed E-state index contributed by atoms with van der Waals surface area (Å²) >= 11 is 0. The molecule has 4 aliphatic rings. The number of piperazine rings is 1. The van der Waals surface area contributed by atoms with Crippen LogP contribution in [0.15, 0.2) is 24.3 Å². The summed E-state index contributed by atoms with van der Waals surface area (Å²) in [5, 5.41) is 0. The van der Waals surface area contributed by atoms with Crippen molar-refractivity contribution < 1.29 is 9.59 Å². The number of likely N-dealkylation sites (tertiary alicyclic amines) is 1. The Bertz CT molecular complexity index is 738. The molecule has 0 radical (unpaired) electrons. The minimum atomic E-state index is 0.159. The molecule has 0 atom stereocenters. The van der Waals surface area contributed by atoms with Gasteiger partial charge in [-0.05, 0) is 55.2 Å². The number of hydrogen-bond donors (Lipinski definition) is 0. The van der Waals surface area contributed by atoms with E-state index < -0.39 is 0 Å². The Labute approximate surface area is 167 Å². The molecule has 0 aromatic heterocycles. The molecular weight excluding hydrogens is 350 g/mol. The van der Waals surface area contributed by atoms with E-state index >= 15 is 0 Å². The highest BCUT2D eigenvalue weighted by Crippen LogP contribution is 2.40. The van der Waals surface area contributed by atoms with E-state index in [9.17, 15) is 9.59 Å². The SMILES string of the molecule is CC1CC(C(=O)N2CC(N3CCN(C(=O)c4ccc(C5CC5)cc4)CC3)C2)C1. The fraction of sp³-hybridized carbons (Fsp3) is 0.652. The van der Waals surface area contributed by atoms with Gasteiger partial charge in [0.15, 0.2) is 0 Å². The van der Waals surface area contributed by atoms with Crippen LogP contribution in [0.2, 0.25) is 0 Å². The Hall–Kier alpha value is -1.88. The van der Waals surface area contributed by atoms with Crippen LogP contribution < -0.4 is 0 Å². The fourth-order valence-corrected chi connectivity index (χ4v) is 5.02. The van der Waals surface area contributed by atoms with Gasteiger partial charge in [-0.1, -0.05) is 19.1 Å². The molecule has 2 aliphatic heterocycles. The minimum Gasteiger partial charge on any atom is -0.339 e. The molecule has 28 heavy (non-hydrogen) atoms. The van der Waals surface area contributed by atoms with Crippen LogP contribution in [-0.4, -0.2) is 71.8 Å². The maximum atomic E-state index is 12.8. The Morgan fingerprint density at radius 3 is 2.11 bits per heavy atom. The van der Waals surface area contributed by atoms with Crippen LogP contribution in [0.25, 0.3) is 0 Å². The first-order valence-electron chi connectivity index (χ1n) is 11.0. The van der Waals surface area contributed by atoms with E-state index in [2.05, 4.69) is 24.0 Å². The van der Waals surface area contributed by atoms with E-state index in [1.54, 1.807) is 0 Å². The normalized spacial score (nSPS) is 28.6. The molecule has 0 spiro atoms. The topological polar surface area (TPSA) is 43.9 Å². The third kappa shape index (κ3) is 3.45. The molecule has 150 valence electrons. The molecule has 2 saturated heterocycles. The Kier molecular flexibility index (Phi) is 4.66.